The first-order valence-corrected chi connectivity index (χ1v) is 9.88. The van der Waals surface area contributed by atoms with Crippen molar-refractivity contribution in [1.82, 2.24) is 5.32 Å². The molecule has 1 N–H and O–H groups in total. The quantitative estimate of drug-likeness (QED) is 0.415. The van der Waals surface area contributed by atoms with Gasteiger partial charge in [0.15, 0.2) is 11.5 Å². The summed E-state index contributed by atoms with van der Waals surface area (Å²) in [5.41, 5.74) is 2.30. The van der Waals surface area contributed by atoms with Crippen molar-refractivity contribution in [1.29, 1.82) is 0 Å². The predicted octanol–water partition coefficient (Wildman–Crippen LogP) is 6.15. The molecule has 2 aromatic rings. The van der Waals surface area contributed by atoms with Gasteiger partial charge in [0.2, 0.25) is 0 Å². The molecule has 0 amide bonds. The Labute approximate surface area is 170 Å². The number of benzene rings is 2. The lowest BCUT2D eigenvalue weighted by molar-refractivity contribution is 0.280. The minimum absolute atomic E-state index is 0. The Balaban J connectivity index is 0.00000364. The highest BCUT2D eigenvalue weighted by atomic mass is 35.5. The summed E-state index contributed by atoms with van der Waals surface area (Å²) in [7, 11) is 1.69. The molecule has 0 unspecified atom stereocenters. The van der Waals surface area contributed by atoms with Gasteiger partial charge in [0.1, 0.15) is 6.61 Å². The van der Waals surface area contributed by atoms with Crippen LogP contribution in [-0.4, -0.2) is 13.7 Å². The van der Waals surface area contributed by atoms with Gasteiger partial charge in [-0.1, -0.05) is 81.5 Å². The predicted molar refractivity (Wildman–Crippen MR) is 116 cm³/mol. The van der Waals surface area contributed by atoms with Crippen LogP contribution in [0.5, 0.6) is 11.5 Å². The van der Waals surface area contributed by atoms with Crippen LogP contribution in [0.15, 0.2) is 48.5 Å². The molecule has 0 bridgehead atoms. The van der Waals surface area contributed by atoms with E-state index in [-0.39, 0.29) is 12.4 Å². The molecule has 0 spiro atoms. The van der Waals surface area contributed by atoms with Crippen LogP contribution in [0.4, 0.5) is 0 Å². The smallest absolute Gasteiger partial charge is 0.166 e. The summed E-state index contributed by atoms with van der Waals surface area (Å²) in [6.45, 7) is 4.65. The normalized spacial score (nSPS) is 10.3. The largest absolute Gasteiger partial charge is 0.493 e. The molecule has 3 nitrogen and oxygen atoms in total. The van der Waals surface area contributed by atoms with Crippen LogP contribution in [0.2, 0.25) is 0 Å². The van der Waals surface area contributed by atoms with Crippen molar-refractivity contribution in [2.75, 3.05) is 13.7 Å². The fourth-order valence-electron chi connectivity index (χ4n) is 3.01. The van der Waals surface area contributed by atoms with Gasteiger partial charge in [-0.05, 0) is 24.6 Å². The molecule has 0 aliphatic rings. The fourth-order valence-corrected chi connectivity index (χ4v) is 3.01. The molecule has 0 aromatic heterocycles. The van der Waals surface area contributed by atoms with Crippen molar-refractivity contribution in [2.24, 2.45) is 0 Å². The zero-order valence-electron chi connectivity index (χ0n) is 16.7. The second-order valence-corrected chi connectivity index (χ2v) is 6.67. The third-order valence-electron chi connectivity index (χ3n) is 4.53. The summed E-state index contributed by atoms with van der Waals surface area (Å²) in [6.07, 6.45) is 7.92. The molecular formula is C23H34ClNO2. The average Bonchev–Trinajstić information content (AvgIpc) is 2.69. The maximum absolute atomic E-state index is 6.10. The van der Waals surface area contributed by atoms with Crippen LogP contribution in [-0.2, 0) is 13.2 Å². The Morgan fingerprint density at radius 1 is 0.852 bits per heavy atom. The van der Waals surface area contributed by atoms with E-state index in [0.717, 1.165) is 35.7 Å². The molecule has 150 valence electrons. The van der Waals surface area contributed by atoms with Crippen molar-refractivity contribution in [3.63, 3.8) is 0 Å². The van der Waals surface area contributed by atoms with Crippen LogP contribution >= 0.6 is 12.4 Å². The first-order valence-electron chi connectivity index (χ1n) is 9.88. The number of ether oxygens (including phenoxy) is 2. The summed E-state index contributed by atoms with van der Waals surface area (Å²) in [5.74, 6) is 1.63. The maximum Gasteiger partial charge on any atom is 0.166 e. The number of unbranched alkanes of at least 4 members (excludes halogenated alkanes) is 5. The minimum atomic E-state index is 0. The zero-order valence-corrected chi connectivity index (χ0v) is 17.5. The van der Waals surface area contributed by atoms with Gasteiger partial charge < -0.3 is 14.8 Å². The molecule has 0 heterocycles. The second kappa shape index (κ2) is 14.4. The lowest BCUT2D eigenvalue weighted by atomic mass is 10.1. The van der Waals surface area contributed by atoms with E-state index < -0.39 is 0 Å². The fraction of sp³-hybridized carbons (Fsp3) is 0.478. The van der Waals surface area contributed by atoms with Crippen LogP contribution in [0.25, 0.3) is 0 Å². The van der Waals surface area contributed by atoms with Gasteiger partial charge in [-0.2, -0.15) is 0 Å². The lowest BCUT2D eigenvalue weighted by Gasteiger charge is -2.15. The summed E-state index contributed by atoms with van der Waals surface area (Å²) in [6, 6.07) is 16.3. The van der Waals surface area contributed by atoms with Gasteiger partial charge in [0, 0.05) is 12.1 Å². The van der Waals surface area contributed by atoms with Crippen molar-refractivity contribution < 1.29 is 9.47 Å². The van der Waals surface area contributed by atoms with Gasteiger partial charge in [-0.15, -0.1) is 12.4 Å². The summed E-state index contributed by atoms with van der Waals surface area (Å²) in [4.78, 5) is 0. The Morgan fingerprint density at radius 3 is 2.33 bits per heavy atom. The average molecular weight is 392 g/mol. The van der Waals surface area contributed by atoms with Crippen LogP contribution in [0, 0.1) is 0 Å². The molecule has 4 heteroatoms. The Bertz CT molecular complexity index is 619. The van der Waals surface area contributed by atoms with Gasteiger partial charge in [0.25, 0.3) is 0 Å². The maximum atomic E-state index is 6.10. The molecule has 0 atom stereocenters. The molecule has 2 aromatic carbocycles. The Morgan fingerprint density at radius 2 is 1.59 bits per heavy atom. The number of nitrogens with one attached hydrogen (secondary N) is 1. The van der Waals surface area contributed by atoms with Crippen molar-refractivity contribution in [2.45, 2.75) is 58.6 Å². The van der Waals surface area contributed by atoms with E-state index >= 15 is 0 Å². The van der Waals surface area contributed by atoms with Crippen LogP contribution in [0.3, 0.4) is 0 Å². The van der Waals surface area contributed by atoms with Crippen molar-refractivity contribution in [3.8, 4) is 11.5 Å². The van der Waals surface area contributed by atoms with E-state index in [1.165, 1.54) is 38.5 Å². The van der Waals surface area contributed by atoms with E-state index in [1.54, 1.807) is 7.11 Å². The van der Waals surface area contributed by atoms with Gasteiger partial charge in [-0.3, -0.25) is 0 Å². The minimum Gasteiger partial charge on any atom is -0.493 e. The van der Waals surface area contributed by atoms with Gasteiger partial charge in [0.05, 0.1) is 7.11 Å². The Kier molecular flexibility index (Phi) is 12.4. The monoisotopic (exact) mass is 391 g/mol. The molecule has 0 radical (unpaired) electrons. The molecule has 0 aliphatic heterocycles. The first kappa shape index (κ1) is 23.3. The van der Waals surface area contributed by atoms with E-state index in [1.807, 2.05) is 30.3 Å². The molecule has 0 saturated heterocycles. The molecule has 27 heavy (non-hydrogen) atoms. The highest BCUT2D eigenvalue weighted by Crippen LogP contribution is 2.31. The number of halogens is 1. The van der Waals surface area contributed by atoms with E-state index in [2.05, 4.69) is 30.4 Å². The summed E-state index contributed by atoms with van der Waals surface area (Å²) >= 11 is 0. The van der Waals surface area contributed by atoms with E-state index in [9.17, 15) is 0 Å². The zero-order chi connectivity index (χ0) is 18.5. The van der Waals surface area contributed by atoms with Crippen molar-refractivity contribution >= 4 is 12.4 Å². The topological polar surface area (TPSA) is 30.5 Å². The third kappa shape index (κ3) is 8.68. The Hall–Kier alpha value is -1.71. The first-order chi connectivity index (χ1) is 12.8. The van der Waals surface area contributed by atoms with Crippen molar-refractivity contribution in [3.05, 3.63) is 59.7 Å². The molecule has 0 saturated carbocycles. The molecular weight excluding hydrogens is 358 g/mol. The number of rotatable bonds is 13. The van der Waals surface area contributed by atoms with E-state index in [0.29, 0.717) is 6.61 Å². The molecule has 0 fully saturated rings. The van der Waals surface area contributed by atoms with Gasteiger partial charge in [-0.25, -0.2) is 0 Å². The summed E-state index contributed by atoms with van der Waals surface area (Å²) < 4.78 is 11.6. The number of hydrogen-bond donors (Lipinski definition) is 1. The summed E-state index contributed by atoms with van der Waals surface area (Å²) in [5, 5.41) is 3.55. The number of methoxy groups -OCH3 is 1. The van der Waals surface area contributed by atoms with Crippen LogP contribution < -0.4 is 14.8 Å². The standard InChI is InChI=1S/C23H33NO2.ClH/c1-3-4-5-6-7-11-17-24-18-21-15-12-16-22(25-2)23(21)26-19-20-13-9-8-10-14-20;/h8-10,12-16,24H,3-7,11,17-19H2,1-2H3;1H. The number of para-hydroxylation sites is 1. The van der Waals surface area contributed by atoms with Gasteiger partial charge >= 0.3 is 0 Å². The SMILES string of the molecule is CCCCCCCCNCc1cccc(OC)c1OCc1ccccc1.Cl. The molecule has 2 rings (SSSR count). The number of hydrogen-bond acceptors (Lipinski definition) is 3. The van der Waals surface area contributed by atoms with Crippen LogP contribution in [0.1, 0.15) is 56.6 Å². The third-order valence-corrected chi connectivity index (χ3v) is 4.53. The highest BCUT2D eigenvalue weighted by Gasteiger charge is 2.10. The highest BCUT2D eigenvalue weighted by molar-refractivity contribution is 5.85. The molecule has 0 aliphatic carbocycles. The lowest BCUT2D eigenvalue weighted by Crippen LogP contribution is -2.15. The second-order valence-electron chi connectivity index (χ2n) is 6.67. The van der Waals surface area contributed by atoms with E-state index in [4.69, 9.17) is 9.47 Å².